The van der Waals surface area contributed by atoms with Gasteiger partial charge in [0.15, 0.2) is 0 Å². The van der Waals surface area contributed by atoms with Crippen LogP contribution in [0.3, 0.4) is 0 Å². The second-order valence-electron chi connectivity index (χ2n) is 7.24. The molecule has 0 bridgehead atoms. The molecule has 0 N–H and O–H groups in total. The number of rotatable bonds is 5. The van der Waals surface area contributed by atoms with Crippen molar-refractivity contribution < 1.29 is 19.0 Å². The van der Waals surface area contributed by atoms with E-state index in [1.807, 2.05) is 30.3 Å². The van der Waals surface area contributed by atoms with Gasteiger partial charge in [-0.05, 0) is 41.5 Å². The van der Waals surface area contributed by atoms with Crippen LogP contribution in [0.5, 0.6) is 5.75 Å². The molecule has 0 saturated carbocycles. The first-order valence-electron chi connectivity index (χ1n) is 9.80. The van der Waals surface area contributed by atoms with Crippen molar-refractivity contribution >= 4 is 45.6 Å². The number of fused-ring (bicyclic) bond motifs is 3. The Morgan fingerprint density at radius 1 is 1.00 bits per heavy atom. The molecular formula is C23H19Cl2NO4. The number of carbonyl (C=O) groups is 1. The molecule has 0 atom stereocenters. The number of amides is 1. The first-order chi connectivity index (χ1) is 14.6. The predicted octanol–water partition coefficient (Wildman–Crippen LogP) is 5.16. The molecule has 2 aliphatic heterocycles. The molecular weight excluding hydrogens is 425 g/mol. The number of hydrogen-bond acceptors (Lipinski definition) is 4. The van der Waals surface area contributed by atoms with E-state index in [0.717, 1.165) is 16.5 Å². The number of anilines is 1. The third-order valence-corrected chi connectivity index (χ3v) is 6.22. The SMILES string of the molecule is O=C1N(CCCOc2ccc3ccccc3c2)c2c(ccc(Cl)c2Cl)C12OCCO2. The minimum absolute atomic E-state index is 0.273. The Hall–Kier alpha value is -2.31. The van der Waals surface area contributed by atoms with Crippen LogP contribution in [0.15, 0.2) is 54.6 Å². The average molecular weight is 444 g/mol. The van der Waals surface area contributed by atoms with E-state index >= 15 is 0 Å². The van der Waals surface area contributed by atoms with Gasteiger partial charge in [-0.2, -0.15) is 0 Å². The molecule has 2 aliphatic rings. The molecule has 5 nitrogen and oxygen atoms in total. The predicted molar refractivity (Wildman–Crippen MR) is 116 cm³/mol. The van der Waals surface area contributed by atoms with E-state index in [0.29, 0.717) is 54.1 Å². The van der Waals surface area contributed by atoms with Crippen LogP contribution in [-0.2, 0) is 20.1 Å². The minimum Gasteiger partial charge on any atom is -0.494 e. The summed E-state index contributed by atoms with van der Waals surface area (Å²) in [6, 6.07) is 17.5. The minimum atomic E-state index is -1.41. The lowest BCUT2D eigenvalue weighted by molar-refractivity contribution is -0.180. The summed E-state index contributed by atoms with van der Waals surface area (Å²) in [5, 5.41) is 3.00. The van der Waals surface area contributed by atoms with Crippen molar-refractivity contribution in [1.29, 1.82) is 0 Å². The quantitative estimate of drug-likeness (QED) is 0.510. The molecule has 30 heavy (non-hydrogen) atoms. The van der Waals surface area contributed by atoms with Crippen molar-refractivity contribution in [2.75, 3.05) is 31.3 Å². The van der Waals surface area contributed by atoms with E-state index in [9.17, 15) is 4.79 Å². The molecule has 0 radical (unpaired) electrons. The molecule has 0 aromatic heterocycles. The molecule has 1 saturated heterocycles. The van der Waals surface area contributed by atoms with Crippen molar-refractivity contribution in [3.05, 3.63) is 70.2 Å². The van der Waals surface area contributed by atoms with Gasteiger partial charge in [0, 0.05) is 12.1 Å². The molecule has 2 heterocycles. The third-order valence-electron chi connectivity index (χ3n) is 5.43. The lowest BCUT2D eigenvalue weighted by atomic mass is 10.1. The normalized spacial score (nSPS) is 17.1. The zero-order chi connectivity index (χ0) is 20.7. The highest BCUT2D eigenvalue weighted by atomic mass is 35.5. The van der Waals surface area contributed by atoms with Gasteiger partial charge in [0.05, 0.1) is 35.6 Å². The Bertz CT molecular complexity index is 1130. The highest BCUT2D eigenvalue weighted by Crippen LogP contribution is 2.50. The monoisotopic (exact) mass is 443 g/mol. The topological polar surface area (TPSA) is 48.0 Å². The largest absolute Gasteiger partial charge is 0.494 e. The summed E-state index contributed by atoms with van der Waals surface area (Å²) in [5.41, 5.74) is 1.16. The van der Waals surface area contributed by atoms with E-state index < -0.39 is 5.79 Å². The van der Waals surface area contributed by atoms with Crippen molar-refractivity contribution in [3.8, 4) is 5.75 Å². The highest BCUT2D eigenvalue weighted by molar-refractivity contribution is 6.44. The zero-order valence-electron chi connectivity index (χ0n) is 16.1. The van der Waals surface area contributed by atoms with Gasteiger partial charge in [0.2, 0.25) is 0 Å². The number of nitrogens with zero attached hydrogens (tertiary/aromatic N) is 1. The van der Waals surface area contributed by atoms with Crippen LogP contribution in [0.4, 0.5) is 5.69 Å². The Labute approximate surface area is 184 Å². The van der Waals surface area contributed by atoms with E-state index in [1.165, 1.54) is 0 Å². The molecule has 0 unspecified atom stereocenters. The number of hydrogen-bond donors (Lipinski definition) is 0. The molecule has 1 amide bonds. The Morgan fingerprint density at radius 3 is 2.57 bits per heavy atom. The van der Waals surface area contributed by atoms with Gasteiger partial charge >= 0.3 is 0 Å². The Morgan fingerprint density at radius 2 is 1.77 bits per heavy atom. The molecule has 154 valence electrons. The second-order valence-corrected chi connectivity index (χ2v) is 8.02. The maximum absolute atomic E-state index is 13.2. The lowest BCUT2D eigenvalue weighted by Gasteiger charge is -2.22. The molecule has 7 heteroatoms. The fourth-order valence-corrected chi connectivity index (χ4v) is 4.46. The molecule has 1 fully saturated rings. The first-order valence-corrected chi connectivity index (χ1v) is 10.6. The fraction of sp³-hybridized carbons (Fsp3) is 0.261. The molecule has 3 aromatic rings. The van der Waals surface area contributed by atoms with Gasteiger partial charge in [0.1, 0.15) is 5.75 Å². The number of ether oxygens (including phenoxy) is 3. The Balaban J connectivity index is 1.31. The third kappa shape index (κ3) is 3.13. The van der Waals surface area contributed by atoms with Gasteiger partial charge in [-0.3, -0.25) is 4.79 Å². The van der Waals surface area contributed by atoms with Crippen LogP contribution in [0, 0.1) is 0 Å². The van der Waals surface area contributed by atoms with E-state index in [2.05, 4.69) is 12.1 Å². The molecule has 3 aromatic carbocycles. The van der Waals surface area contributed by atoms with E-state index in [1.54, 1.807) is 17.0 Å². The Kier molecular flexibility index (Phi) is 5.07. The summed E-state index contributed by atoms with van der Waals surface area (Å²) in [4.78, 5) is 14.8. The summed E-state index contributed by atoms with van der Waals surface area (Å²) in [6.07, 6.45) is 0.608. The number of carbonyl (C=O) groups excluding carboxylic acids is 1. The summed E-state index contributed by atoms with van der Waals surface area (Å²) >= 11 is 12.7. The van der Waals surface area contributed by atoms with Gasteiger partial charge in [-0.25, -0.2) is 0 Å². The molecule has 0 aliphatic carbocycles. The summed E-state index contributed by atoms with van der Waals surface area (Å²) < 4.78 is 17.4. The molecule has 1 spiro atoms. The van der Waals surface area contributed by atoms with E-state index in [4.69, 9.17) is 37.4 Å². The summed E-state index contributed by atoms with van der Waals surface area (Å²) in [7, 11) is 0. The number of benzene rings is 3. The smallest absolute Gasteiger partial charge is 0.292 e. The van der Waals surface area contributed by atoms with E-state index in [-0.39, 0.29) is 5.91 Å². The van der Waals surface area contributed by atoms with Crippen molar-refractivity contribution in [2.45, 2.75) is 12.2 Å². The van der Waals surface area contributed by atoms with Crippen molar-refractivity contribution in [2.24, 2.45) is 0 Å². The molecule has 5 rings (SSSR count). The van der Waals surface area contributed by atoms with Crippen LogP contribution < -0.4 is 9.64 Å². The first kappa shape index (κ1) is 19.6. The van der Waals surface area contributed by atoms with Crippen molar-refractivity contribution in [3.63, 3.8) is 0 Å². The maximum atomic E-state index is 13.2. The van der Waals surface area contributed by atoms with Gasteiger partial charge < -0.3 is 19.1 Å². The average Bonchev–Trinajstić information content (AvgIpc) is 3.34. The standard InChI is InChI=1S/C23H19Cl2NO4/c24-19-9-8-18-21(20(19)25)26(22(27)23(18)29-12-13-30-23)10-3-11-28-17-7-6-15-4-1-2-5-16(15)14-17/h1-2,4-9,14H,3,10-13H2. The van der Waals surface area contributed by atoms with Crippen LogP contribution in [-0.4, -0.2) is 32.3 Å². The fourth-order valence-electron chi connectivity index (χ4n) is 4.04. The van der Waals surface area contributed by atoms with Crippen molar-refractivity contribution in [1.82, 2.24) is 0 Å². The maximum Gasteiger partial charge on any atom is 0.292 e. The highest BCUT2D eigenvalue weighted by Gasteiger charge is 2.56. The van der Waals surface area contributed by atoms with Crippen LogP contribution in [0.2, 0.25) is 10.0 Å². The number of halogens is 2. The van der Waals surface area contributed by atoms with Crippen LogP contribution >= 0.6 is 23.2 Å². The second kappa shape index (κ2) is 7.75. The zero-order valence-corrected chi connectivity index (χ0v) is 17.6. The lowest BCUT2D eigenvalue weighted by Crippen LogP contribution is -2.41. The summed E-state index contributed by atoms with van der Waals surface area (Å²) in [5.74, 6) is -0.894. The summed E-state index contributed by atoms with van der Waals surface area (Å²) in [6.45, 7) is 1.56. The van der Waals surface area contributed by atoms with Gasteiger partial charge in [0.25, 0.3) is 11.7 Å². The van der Waals surface area contributed by atoms with Gasteiger partial charge in [-0.1, -0.05) is 53.5 Å². The van der Waals surface area contributed by atoms with Crippen LogP contribution in [0.1, 0.15) is 12.0 Å². The van der Waals surface area contributed by atoms with Gasteiger partial charge in [-0.15, -0.1) is 0 Å². The van der Waals surface area contributed by atoms with Crippen LogP contribution in [0.25, 0.3) is 10.8 Å².